The van der Waals surface area contributed by atoms with Crippen molar-refractivity contribution >= 4 is 28.9 Å². The highest BCUT2D eigenvalue weighted by molar-refractivity contribution is 5.90. The Morgan fingerprint density at radius 1 is 1.13 bits per heavy atom. The molecule has 45 heavy (non-hydrogen) atoms. The predicted molar refractivity (Wildman–Crippen MR) is 164 cm³/mol. The van der Waals surface area contributed by atoms with Gasteiger partial charge in [-0.1, -0.05) is 37.6 Å². The monoisotopic (exact) mass is 618 g/mol. The first-order valence-corrected chi connectivity index (χ1v) is 14.9. The number of para-hydroxylation sites is 1. The third-order valence-corrected chi connectivity index (χ3v) is 7.51. The average Bonchev–Trinajstić information content (AvgIpc) is 3.73. The van der Waals surface area contributed by atoms with E-state index in [4.69, 9.17) is 14.2 Å². The molecule has 0 bridgehead atoms. The number of aliphatic hydroxyl groups is 1. The molecular weight excluding hydrogens is 580 g/mol. The number of nitrogens with one attached hydrogen (secondary N) is 2. The highest BCUT2D eigenvalue weighted by Crippen LogP contribution is 2.39. The van der Waals surface area contributed by atoms with Crippen molar-refractivity contribution < 1.29 is 38.8 Å². The van der Waals surface area contributed by atoms with Crippen molar-refractivity contribution in [2.75, 3.05) is 6.79 Å². The molecule has 2 aromatic carbocycles. The number of aliphatic hydroxyl groups excluding tert-OH is 1. The Balaban J connectivity index is 1.49. The van der Waals surface area contributed by atoms with E-state index in [9.17, 15) is 24.6 Å². The summed E-state index contributed by atoms with van der Waals surface area (Å²) in [6.07, 6.45) is 2.89. The molecule has 1 aliphatic rings. The molecule has 0 saturated heterocycles. The summed E-state index contributed by atoms with van der Waals surface area (Å²) in [6, 6.07) is 11.0. The first kappa shape index (κ1) is 31.6. The molecular formula is C33H38N4O8. The van der Waals surface area contributed by atoms with Gasteiger partial charge in [-0.25, -0.2) is 19.1 Å². The normalized spacial score (nSPS) is 14.6. The van der Waals surface area contributed by atoms with Crippen molar-refractivity contribution in [2.45, 2.75) is 77.0 Å². The van der Waals surface area contributed by atoms with Crippen LogP contribution in [0.15, 0.2) is 54.9 Å². The van der Waals surface area contributed by atoms with Crippen LogP contribution in [0.4, 0.5) is 4.79 Å². The lowest BCUT2D eigenvalue weighted by Gasteiger charge is -2.24. The van der Waals surface area contributed by atoms with Gasteiger partial charge in [0.15, 0.2) is 11.5 Å². The number of unbranched alkanes of at least 4 members (excludes halogenated alkanes) is 1. The number of benzene rings is 2. The van der Waals surface area contributed by atoms with Crippen molar-refractivity contribution in [1.29, 1.82) is 0 Å². The van der Waals surface area contributed by atoms with Crippen LogP contribution in [0.1, 0.15) is 75.2 Å². The van der Waals surface area contributed by atoms with Crippen molar-refractivity contribution in [3.05, 3.63) is 77.5 Å². The molecule has 238 valence electrons. The molecule has 0 spiro atoms. The largest absolute Gasteiger partial charge is 0.480 e. The molecule has 4 N–H and O–H groups in total. The average molecular weight is 619 g/mol. The maximum atomic E-state index is 14.0. The number of aromatic nitrogens is 3. The van der Waals surface area contributed by atoms with Crippen molar-refractivity contribution in [3.8, 4) is 11.5 Å². The minimum absolute atomic E-state index is 0.00345. The number of hydrogen-bond donors (Lipinski definition) is 4. The van der Waals surface area contributed by atoms with Crippen LogP contribution < -0.4 is 14.8 Å². The van der Waals surface area contributed by atoms with Gasteiger partial charge in [0.05, 0.1) is 11.6 Å². The minimum Gasteiger partial charge on any atom is -0.480 e. The molecule has 5 rings (SSSR count). The summed E-state index contributed by atoms with van der Waals surface area (Å²) in [5, 5.41) is 25.4. The van der Waals surface area contributed by atoms with Gasteiger partial charge in [-0.3, -0.25) is 4.79 Å². The number of amides is 1. The van der Waals surface area contributed by atoms with Gasteiger partial charge in [-0.2, -0.15) is 0 Å². The minimum atomic E-state index is -1.56. The molecule has 12 nitrogen and oxygen atoms in total. The van der Waals surface area contributed by atoms with Crippen LogP contribution in [0.3, 0.4) is 0 Å². The van der Waals surface area contributed by atoms with E-state index in [1.807, 2.05) is 31.2 Å². The number of aromatic amines is 1. The van der Waals surface area contributed by atoms with Gasteiger partial charge in [0, 0.05) is 36.1 Å². The Hall–Kier alpha value is -4.84. The molecule has 0 aliphatic carbocycles. The summed E-state index contributed by atoms with van der Waals surface area (Å²) in [7, 11) is 0. The van der Waals surface area contributed by atoms with Gasteiger partial charge in [0.25, 0.3) is 0 Å². The van der Waals surface area contributed by atoms with E-state index < -0.39 is 41.6 Å². The molecule has 0 radical (unpaired) electrons. The van der Waals surface area contributed by atoms with Crippen molar-refractivity contribution in [3.63, 3.8) is 0 Å². The standard InChI is InChI=1S/C33H38N4O8/c1-5-6-11-27-35-24(17-37(27)32(42)45-33(2,3)4)29(38)28(19-12-13-25-26(15-19)44-18-43-25)30(39)36-23(31(40)41)14-20-16-34-22-10-8-7-9-21(20)22/h7-10,12-13,15-17,23,28-29,34,38H,5-6,11,14,18H2,1-4H3,(H,36,39)(H,40,41)/t23-,28?,29?/m0/s1. The van der Waals surface area contributed by atoms with Crippen LogP contribution >= 0.6 is 0 Å². The van der Waals surface area contributed by atoms with E-state index in [0.717, 1.165) is 29.3 Å². The molecule has 2 aromatic heterocycles. The number of nitrogens with zero attached hydrogens (tertiary/aromatic N) is 2. The maximum absolute atomic E-state index is 14.0. The van der Waals surface area contributed by atoms with Gasteiger partial charge in [-0.05, 0) is 56.5 Å². The highest BCUT2D eigenvalue weighted by atomic mass is 16.7. The second kappa shape index (κ2) is 13.0. The lowest BCUT2D eigenvalue weighted by Crippen LogP contribution is -2.45. The first-order valence-electron chi connectivity index (χ1n) is 14.9. The summed E-state index contributed by atoms with van der Waals surface area (Å²) in [4.78, 5) is 47.2. The Kier molecular flexibility index (Phi) is 9.14. The van der Waals surface area contributed by atoms with Crippen LogP contribution in [0.25, 0.3) is 10.9 Å². The smallest absolute Gasteiger partial charge is 0.420 e. The van der Waals surface area contributed by atoms with Crippen LogP contribution in [0.2, 0.25) is 0 Å². The SMILES string of the molecule is CCCCc1nc(C(O)C(C(=O)N[C@@H](Cc2c[nH]c3ccccc23)C(=O)O)c2ccc3c(c2)OCO3)cn1C(=O)OC(C)(C)C. The Bertz CT molecular complexity index is 1700. The number of ether oxygens (including phenoxy) is 3. The lowest BCUT2D eigenvalue weighted by molar-refractivity contribution is -0.142. The van der Waals surface area contributed by atoms with E-state index in [0.29, 0.717) is 29.3 Å². The molecule has 3 atom stereocenters. The summed E-state index contributed by atoms with van der Waals surface area (Å²) in [6.45, 7) is 7.26. The van der Waals surface area contributed by atoms with Gasteiger partial charge in [0.1, 0.15) is 23.6 Å². The summed E-state index contributed by atoms with van der Waals surface area (Å²) in [5.74, 6) is -2.04. The number of rotatable bonds is 11. The molecule has 1 amide bonds. The van der Waals surface area contributed by atoms with Gasteiger partial charge in [-0.15, -0.1) is 0 Å². The summed E-state index contributed by atoms with van der Waals surface area (Å²) < 4.78 is 17.8. The third-order valence-electron chi connectivity index (χ3n) is 7.51. The zero-order chi connectivity index (χ0) is 32.3. The second-order valence-electron chi connectivity index (χ2n) is 12.0. The van der Waals surface area contributed by atoms with Crippen LogP contribution in [0.5, 0.6) is 11.5 Å². The Morgan fingerprint density at radius 2 is 1.89 bits per heavy atom. The number of imidazole rings is 1. The van der Waals surface area contributed by atoms with E-state index in [2.05, 4.69) is 15.3 Å². The molecule has 4 aromatic rings. The van der Waals surface area contributed by atoms with Gasteiger partial charge < -0.3 is 34.7 Å². The predicted octanol–water partition coefficient (Wildman–Crippen LogP) is 4.85. The first-order chi connectivity index (χ1) is 21.4. The number of carbonyl (C=O) groups excluding carboxylic acids is 2. The molecule has 0 saturated carbocycles. The zero-order valence-electron chi connectivity index (χ0n) is 25.7. The number of carboxylic acids is 1. The molecule has 3 heterocycles. The van der Waals surface area contributed by atoms with Crippen LogP contribution in [-0.2, 0) is 27.2 Å². The van der Waals surface area contributed by atoms with E-state index >= 15 is 0 Å². The van der Waals surface area contributed by atoms with E-state index in [1.54, 1.807) is 45.2 Å². The number of carboxylic acid groups (broad SMARTS) is 1. The van der Waals surface area contributed by atoms with Gasteiger partial charge in [0.2, 0.25) is 12.7 Å². The number of hydrogen-bond acceptors (Lipinski definition) is 8. The highest BCUT2D eigenvalue weighted by Gasteiger charge is 2.36. The number of fused-ring (bicyclic) bond motifs is 2. The molecule has 0 fully saturated rings. The number of aliphatic carboxylic acids is 1. The molecule has 2 unspecified atom stereocenters. The van der Waals surface area contributed by atoms with Crippen LogP contribution in [0, 0.1) is 0 Å². The topological polar surface area (TPSA) is 165 Å². The Labute approximate surface area is 260 Å². The van der Waals surface area contributed by atoms with Gasteiger partial charge >= 0.3 is 12.1 Å². The molecule has 12 heteroatoms. The fourth-order valence-electron chi connectivity index (χ4n) is 5.30. The number of carbonyl (C=O) groups is 3. The summed E-state index contributed by atoms with van der Waals surface area (Å²) >= 11 is 0. The number of aryl methyl sites for hydroxylation is 1. The van der Waals surface area contributed by atoms with Crippen LogP contribution in [-0.4, -0.2) is 61.2 Å². The summed E-state index contributed by atoms with van der Waals surface area (Å²) in [5.41, 5.74) is 1.20. The van der Waals surface area contributed by atoms with Crippen molar-refractivity contribution in [1.82, 2.24) is 19.9 Å². The second-order valence-corrected chi connectivity index (χ2v) is 12.0. The van der Waals surface area contributed by atoms with E-state index in [-0.39, 0.29) is 18.9 Å². The lowest BCUT2D eigenvalue weighted by atomic mass is 9.90. The Morgan fingerprint density at radius 3 is 2.62 bits per heavy atom. The zero-order valence-corrected chi connectivity index (χ0v) is 25.7. The fraction of sp³-hybridized carbons (Fsp3) is 0.394. The fourth-order valence-corrected chi connectivity index (χ4v) is 5.30. The maximum Gasteiger partial charge on any atom is 0.420 e. The molecule has 1 aliphatic heterocycles. The number of H-pyrrole nitrogens is 1. The third kappa shape index (κ3) is 7.12. The van der Waals surface area contributed by atoms with Crippen molar-refractivity contribution in [2.24, 2.45) is 0 Å². The quantitative estimate of drug-likeness (QED) is 0.184. The van der Waals surface area contributed by atoms with E-state index in [1.165, 1.54) is 10.8 Å².